The van der Waals surface area contributed by atoms with Crippen LogP contribution in [0, 0.1) is 5.41 Å². The van der Waals surface area contributed by atoms with Crippen molar-refractivity contribution in [3.63, 3.8) is 0 Å². The van der Waals surface area contributed by atoms with Gasteiger partial charge in [-0.15, -0.1) is 0 Å². The smallest absolute Gasteiger partial charge is 0.341 e. The molecule has 0 radical (unpaired) electrons. The Labute approximate surface area is 155 Å². The standard InChI is InChI=1S/C20H29NO5/c1-5-10-21(16-12-17(25-6-2)20(16,3)4)19(24)14-8-7-9-15(11-14)26-13-18(22)23/h7-9,11,16-17H,5-6,10,12-13H2,1-4H3,(H,22,23). The molecular formula is C20H29NO5. The lowest BCUT2D eigenvalue weighted by atomic mass is 9.63. The Hall–Kier alpha value is -2.08. The van der Waals surface area contributed by atoms with Gasteiger partial charge in [-0.3, -0.25) is 4.79 Å². The molecule has 0 aromatic heterocycles. The minimum absolute atomic E-state index is 0.0550. The van der Waals surface area contributed by atoms with E-state index in [1.165, 1.54) is 0 Å². The summed E-state index contributed by atoms with van der Waals surface area (Å²) in [5, 5.41) is 8.74. The number of carbonyl (C=O) groups is 2. The number of carbonyl (C=O) groups excluding carboxylic acids is 1. The third-order valence-corrected chi connectivity index (χ3v) is 5.04. The highest BCUT2D eigenvalue weighted by Gasteiger charge is 2.52. The first kappa shape index (κ1) is 20.2. The maximum Gasteiger partial charge on any atom is 0.341 e. The number of rotatable bonds is 9. The molecule has 1 aromatic carbocycles. The van der Waals surface area contributed by atoms with Gasteiger partial charge in [-0.2, -0.15) is 0 Å². The summed E-state index contributed by atoms with van der Waals surface area (Å²) in [7, 11) is 0. The zero-order valence-electron chi connectivity index (χ0n) is 16.0. The second-order valence-electron chi connectivity index (χ2n) is 7.23. The van der Waals surface area contributed by atoms with Gasteiger partial charge in [0, 0.05) is 30.2 Å². The lowest BCUT2D eigenvalue weighted by Gasteiger charge is -2.55. The van der Waals surface area contributed by atoms with Crippen molar-refractivity contribution in [2.75, 3.05) is 19.8 Å². The Morgan fingerprint density at radius 1 is 1.31 bits per heavy atom. The maximum absolute atomic E-state index is 13.1. The summed E-state index contributed by atoms with van der Waals surface area (Å²) in [5.41, 5.74) is 0.412. The molecule has 6 nitrogen and oxygen atoms in total. The van der Waals surface area contributed by atoms with Crippen molar-refractivity contribution < 1.29 is 24.2 Å². The molecule has 6 heteroatoms. The summed E-state index contributed by atoms with van der Waals surface area (Å²) in [5.74, 6) is -0.720. The highest BCUT2D eigenvalue weighted by molar-refractivity contribution is 5.95. The average molecular weight is 363 g/mol. The number of carboxylic acids is 1. The lowest BCUT2D eigenvalue weighted by Crippen LogP contribution is -2.63. The molecule has 1 N–H and O–H groups in total. The van der Waals surface area contributed by atoms with E-state index >= 15 is 0 Å². The first-order chi connectivity index (χ1) is 12.3. The molecule has 1 aliphatic rings. The fourth-order valence-electron chi connectivity index (χ4n) is 3.55. The first-order valence-electron chi connectivity index (χ1n) is 9.18. The number of amides is 1. The molecule has 0 saturated heterocycles. The predicted octanol–water partition coefficient (Wildman–Crippen LogP) is 3.21. The number of nitrogens with zero attached hydrogens (tertiary/aromatic N) is 1. The molecule has 1 fully saturated rings. The van der Waals surface area contributed by atoms with Crippen LogP contribution in [0.5, 0.6) is 5.75 Å². The molecule has 0 bridgehead atoms. The molecule has 2 rings (SSSR count). The van der Waals surface area contributed by atoms with Crippen LogP contribution in [0.3, 0.4) is 0 Å². The molecule has 0 spiro atoms. The summed E-state index contributed by atoms with van der Waals surface area (Å²) >= 11 is 0. The second kappa shape index (κ2) is 8.54. The largest absolute Gasteiger partial charge is 0.482 e. The van der Waals surface area contributed by atoms with Gasteiger partial charge in [-0.25, -0.2) is 4.79 Å². The quantitative estimate of drug-likeness (QED) is 0.729. The summed E-state index contributed by atoms with van der Waals surface area (Å²) in [6.45, 7) is 9.24. The van der Waals surface area contributed by atoms with E-state index in [2.05, 4.69) is 20.8 Å². The number of hydrogen-bond acceptors (Lipinski definition) is 4. The van der Waals surface area contributed by atoms with Crippen LogP contribution in [-0.4, -0.2) is 53.8 Å². The van der Waals surface area contributed by atoms with Crippen LogP contribution >= 0.6 is 0 Å². The van der Waals surface area contributed by atoms with Crippen LogP contribution in [0.25, 0.3) is 0 Å². The van der Waals surface area contributed by atoms with E-state index in [1.54, 1.807) is 24.3 Å². The summed E-state index contributed by atoms with van der Waals surface area (Å²) in [4.78, 5) is 25.7. The molecule has 1 aromatic rings. The normalized spacial score (nSPS) is 20.9. The number of hydrogen-bond donors (Lipinski definition) is 1. The summed E-state index contributed by atoms with van der Waals surface area (Å²) in [6, 6.07) is 6.84. The van der Waals surface area contributed by atoms with Crippen LogP contribution in [0.2, 0.25) is 0 Å². The van der Waals surface area contributed by atoms with Gasteiger partial charge in [-0.1, -0.05) is 26.8 Å². The minimum Gasteiger partial charge on any atom is -0.482 e. The van der Waals surface area contributed by atoms with Crippen molar-refractivity contribution >= 4 is 11.9 Å². The molecule has 1 saturated carbocycles. The van der Waals surface area contributed by atoms with E-state index in [9.17, 15) is 9.59 Å². The topological polar surface area (TPSA) is 76.1 Å². The molecule has 26 heavy (non-hydrogen) atoms. The van der Waals surface area contributed by atoms with Crippen LogP contribution < -0.4 is 4.74 Å². The Balaban J connectivity index is 2.16. The van der Waals surface area contributed by atoms with Gasteiger partial charge in [-0.05, 0) is 38.0 Å². The van der Waals surface area contributed by atoms with Crippen molar-refractivity contribution in [2.45, 2.75) is 52.7 Å². The van der Waals surface area contributed by atoms with Gasteiger partial charge in [0.2, 0.25) is 0 Å². The molecule has 144 valence electrons. The molecule has 2 unspecified atom stereocenters. The van der Waals surface area contributed by atoms with Crippen molar-refractivity contribution in [2.24, 2.45) is 5.41 Å². The summed E-state index contributed by atoms with van der Waals surface area (Å²) in [6.07, 6.45) is 1.86. The monoisotopic (exact) mass is 363 g/mol. The number of benzene rings is 1. The van der Waals surface area contributed by atoms with Gasteiger partial charge >= 0.3 is 5.97 Å². The van der Waals surface area contributed by atoms with Gasteiger partial charge in [0.1, 0.15) is 5.75 Å². The van der Waals surface area contributed by atoms with Crippen LogP contribution in [0.15, 0.2) is 24.3 Å². The van der Waals surface area contributed by atoms with E-state index in [4.69, 9.17) is 14.6 Å². The lowest BCUT2D eigenvalue weighted by molar-refractivity contribution is -0.140. The third-order valence-electron chi connectivity index (χ3n) is 5.04. The molecule has 0 aliphatic heterocycles. The average Bonchev–Trinajstić information content (AvgIpc) is 2.61. The van der Waals surface area contributed by atoms with Crippen LogP contribution in [-0.2, 0) is 9.53 Å². The SMILES string of the molecule is CCCN(C(=O)c1cccc(OCC(=O)O)c1)C1CC(OCC)C1(C)C. The van der Waals surface area contributed by atoms with Crippen molar-refractivity contribution in [3.8, 4) is 5.75 Å². The van der Waals surface area contributed by atoms with E-state index in [1.807, 2.05) is 11.8 Å². The van der Waals surface area contributed by atoms with Gasteiger partial charge in [0.25, 0.3) is 5.91 Å². The van der Waals surface area contributed by atoms with Crippen LogP contribution in [0.1, 0.15) is 50.9 Å². The van der Waals surface area contributed by atoms with Crippen molar-refractivity contribution in [1.29, 1.82) is 0 Å². The Morgan fingerprint density at radius 2 is 2.04 bits per heavy atom. The number of carboxylic acid groups (broad SMARTS) is 1. The number of aliphatic carboxylic acids is 1. The molecule has 2 atom stereocenters. The van der Waals surface area contributed by atoms with Crippen molar-refractivity contribution in [3.05, 3.63) is 29.8 Å². The number of ether oxygens (including phenoxy) is 2. The van der Waals surface area contributed by atoms with Gasteiger partial charge < -0.3 is 19.5 Å². The molecular weight excluding hydrogens is 334 g/mol. The van der Waals surface area contributed by atoms with E-state index in [0.29, 0.717) is 24.5 Å². The zero-order chi connectivity index (χ0) is 19.3. The molecule has 1 aliphatic carbocycles. The Bertz CT molecular complexity index is 643. The predicted molar refractivity (Wildman–Crippen MR) is 98.5 cm³/mol. The molecule has 1 amide bonds. The zero-order valence-corrected chi connectivity index (χ0v) is 16.0. The Morgan fingerprint density at radius 3 is 2.62 bits per heavy atom. The summed E-state index contributed by atoms with van der Waals surface area (Å²) < 4.78 is 11.0. The van der Waals surface area contributed by atoms with E-state index in [-0.39, 0.29) is 23.5 Å². The van der Waals surface area contributed by atoms with Gasteiger partial charge in [0.05, 0.1) is 6.10 Å². The highest BCUT2D eigenvalue weighted by Crippen LogP contribution is 2.46. The maximum atomic E-state index is 13.1. The third kappa shape index (κ3) is 4.36. The first-order valence-corrected chi connectivity index (χ1v) is 9.18. The fraction of sp³-hybridized carbons (Fsp3) is 0.600. The van der Waals surface area contributed by atoms with E-state index in [0.717, 1.165) is 12.8 Å². The second-order valence-corrected chi connectivity index (χ2v) is 7.23. The molecule has 0 heterocycles. The Kier molecular flexibility index (Phi) is 6.64. The van der Waals surface area contributed by atoms with Crippen LogP contribution in [0.4, 0.5) is 0 Å². The van der Waals surface area contributed by atoms with E-state index < -0.39 is 12.6 Å². The highest BCUT2D eigenvalue weighted by atomic mass is 16.5. The minimum atomic E-state index is -1.05. The van der Waals surface area contributed by atoms with Crippen molar-refractivity contribution in [1.82, 2.24) is 4.90 Å². The fourth-order valence-corrected chi connectivity index (χ4v) is 3.55. The van der Waals surface area contributed by atoms with Gasteiger partial charge in [0.15, 0.2) is 6.61 Å².